The van der Waals surface area contributed by atoms with Crippen LogP contribution in [0, 0.1) is 6.92 Å². The minimum atomic E-state index is -3.19. The summed E-state index contributed by atoms with van der Waals surface area (Å²) in [5.41, 5.74) is 4.04. The van der Waals surface area contributed by atoms with Gasteiger partial charge in [0.1, 0.15) is 0 Å². The van der Waals surface area contributed by atoms with Crippen molar-refractivity contribution in [1.29, 1.82) is 0 Å². The van der Waals surface area contributed by atoms with Crippen LogP contribution in [0.1, 0.15) is 23.7 Å². The SMILES string of the molecule is CCc1nn(C)cc1CNc1cc(S(C)(=O)=O)ccc1C. The molecule has 1 aromatic carbocycles. The number of nitrogens with zero attached hydrogens (tertiary/aromatic N) is 2. The zero-order chi connectivity index (χ0) is 15.6. The van der Waals surface area contributed by atoms with Crippen LogP contribution in [0.3, 0.4) is 0 Å². The maximum absolute atomic E-state index is 11.6. The predicted octanol–water partition coefficient (Wildman–Crippen LogP) is 2.31. The van der Waals surface area contributed by atoms with Crippen molar-refractivity contribution < 1.29 is 8.42 Å². The van der Waals surface area contributed by atoms with Crippen molar-refractivity contribution in [2.24, 2.45) is 7.05 Å². The Bertz CT molecular complexity index is 748. The lowest BCUT2D eigenvalue weighted by atomic mass is 10.1. The highest BCUT2D eigenvalue weighted by atomic mass is 32.2. The third kappa shape index (κ3) is 3.64. The minimum Gasteiger partial charge on any atom is -0.381 e. The molecule has 0 amide bonds. The Morgan fingerprint density at radius 1 is 1.33 bits per heavy atom. The number of nitrogens with one attached hydrogen (secondary N) is 1. The molecule has 6 heteroatoms. The van der Waals surface area contributed by atoms with Crippen molar-refractivity contribution >= 4 is 15.5 Å². The summed E-state index contributed by atoms with van der Waals surface area (Å²) in [4.78, 5) is 0.331. The fourth-order valence-corrected chi connectivity index (χ4v) is 2.89. The molecule has 114 valence electrons. The number of sulfone groups is 1. The van der Waals surface area contributed by atoms with Gasteiger partial charge < -0.3 is 5.32 Å². The number of aryl methyl sites for hydroxylation is 3. The first-order chi connectivity index (χ1) is 9.81. The maximum Gasteiger partial charge on any atom is 0.175 e. The van der Waals surface area contributed by atoms with Crippen LogP contribution in [-0.4, -0.2) is 24.5 Å². The Labute approximate surface area is 125 Å². The third-order valence-electron chi connectivity index (χ3n) is 3.43. The molecule has 0 spiro atoms. The highest BCUT2D eigenvalue weighted by Crippen LogP contribution is 2.21. The molecule has 21 heavy (non-hydrogen) atoms. The van der Waals surface area contributed by atoms with Crippen LogP contribution in [0.4, 0.5) is 5.69 Å². The molecule has 0 fully saturated rings. The minimum absolute atomic E-state index is 0.331. The van der Waals surface area contributed by atoms with Crippen LogP contribution < -0.4 is 5.32 Å². The fraction of sp³-hybridized carbons (Fsp3) is 0.400. The predicted molar refractivity (Wildman–Crippen MR) is 84.2 cm³/mol. The average molecular weight is 307 g/mol. The molecular weight excluding hydrogens is 286 g/mol. The second kappa shape index (κ2) is 5.89. The van der Waals surface area contributed by atoms with Gasteiger partial charge in [0.15, 0.2) is 9.84 Å². The maximum atomic E-state index is 11.6. The molecule has 0 aliphatic carbocycles. The Balaban J connectivity index is 2.23. The van der Waals surface area contributed by atoms with Crippen molar-refractivity contribution in [2.75, 3.05) is 11.6 Å². The molecule has 0 bridgehead atoms. The van der Waals surface area contributed by atoms with Crippen LogP contribution in [0.25, 0.3) is 0 Å². The lowest BCUT2D eigenvalue weighted by Crippen LogP contribution is -2.04. The first-order valence-corrected chi connectivity index (χ1v) is 8.76. The van der Waals surface area contributed by atoms with E-state index in [1.165, 1.54) is 6.26 Å². The average Bonchev–Trinajstić information content (AvgIpc) is 2.76. The first kappa shape index (κ1) is 15.6. The zero-order valence-electron chi connectivity index (χ0n) is 12.8. The van der Waals surface area contributed by atoms with Gasteiger partial charge >= 0.3 is 0 Å². The summed E-state index contributed by atoms with van der Waals surface area (Å²) in [6, 6.07) is 5.15. The monoisotopic (exact) mass is 307 g/mol. The van der Waals surface area contributed by atoms with Gasteiger partial charge in [0.2, 0.25) is 0 Å². The summed E-state index contributed by atoms with van der Waals surface area (Å²) >= 11 is 0. The van der Waals surface area contributed by atoms with Gasteiger partial charge in [0, 0.05) is 37.3 Å². The van der Waals surface area contributed by atoms with E-state index in [4.69, 9.17) is 0 Å². The Morgan fingerprint density at radius 3 is 2.67 bits per heavy atom. The summed E-state index contributed by atoms with van der Waals surface area (Å²) in [5.74, 6) is 0. The molecule has 0 aliphatic rings. The van der Waals surface area contributed by atoms with E-state index in [1.54, 1.807) is 16.8 Å². The lowest BCUT2D eigenvalue weighted by molar-refractivity contribution is 0.602. The van der Waals surface area contributed by atoms with Crippen molar-refractivity contribution in [3.63, 3.8) is 0 Å². The molecule has 1 N–H and O–H groups in total. The van der Waals surface area contributed by atoms with E-state index < -0.39 is 9.84 Å². The van der Waals surface area contributed by atoms with Crippen LogP contribution in [0.5, 0.6) is 0 Å². The number of hydrogen-bond acceptors (Lipinski definition) is 4. The van der Waals surface area contributed by atoms with Gasteiger partial charge in [-0.2, -0.15) is 5.10 Å². The van der Waals surface area contributed by atoms with Gasteiger partial charge in [0.05, 0.1) is 10.6 Å². The molecule has 5 nitrogen and oxygen atoms in total. The van der Waals surface area contributed by atoms with Crippen molar-refractivity contribution in [3.05, 3.63) is 41.2 Å². The van der Waals surface area contributed by atoms with Crippen molar-refractivity contribution in [1.82, 2.24) is 9.78 Å². The van der Waals surface area contributed by atoms with Crippen LogP contribution in [0.2, 0.25) is 0 Å². The van der Waals surface area contributed by atoms with E-state index in [9.17, 15) is 8.42 Å². The summed E-state index contributed by atoms with van der Waals surface area (Å²) in [5, 5.41) is 7.71. The number of hydrogen-bond donors (Lipinski definition) is 1. The van der Waals surface area contributed by atoms with E-state index in [0.717, 1.165) is 28.9 Å². The number of rotatable bonds is 5. The molecule has 0 atom stereocenters. The smallest absolute Gasteiger partial charge is 0.175 e. The van der Waals surface area contributed by atoms with Gasteiger partial charge in [-0.15, -0.1) is 0 Å². The molecular formula is C15H21N3O2S. The molecule has 0 saturated carbocycles. The van der Waals surface area contributed by atoms with Crippen LogP contribution in [0.15, 0.2) is 29.3 Å². The summed E-state index contributed by atoms with van der Waals surface area (Å²) in [7, 11) is -1.29. The Hall–Kier alpha value is -1.82. The number of benzene rings is 1. The summed E-state index contributed by atoms with van der Waals surface area (Å²) < 4.78 is 25.1. The molecule has 1 heterocycles. The molecule has 2 aromatic rings. The molecule has 2 rings (SSSR count). The molecule has 0 aliphatic heterocycles. The summed E-state index contributed by atoms with van der Waals surface area (Å²) in [6.45, 7) is 4.66. The normalized spacial score (nSPS) is 11.6. The van der Waals surface area contributed by atoms with Crippen molar-refractivity contribution in [3.8, 4) is 0 Å². The first-order valence-electron chi connectivity index (χ1n) is 6.87. The molecule has 0 unspecified atom stereocenters. The van der Waals surface area contributed by atoms with E-state index in [-0.39, 0.29) is 0 Å². The van der Waals surface area contributed by atoms with Gasteiger partial charge in [-0.3, -0.25) is 4.68 Å². The highest BCUT2D eigenvalue weighted by molar-refractivity contribution is 7.90. The quantitative estimate of drug-likeness (QED) is 0.920. The standard InChI is InChI=1S/C15H21N3O2S/c1-5-14-12(10-18(3)17-14)9-16-15-8-13(21(4,19)20)7-6-11(15)2/h6-8,10,16H,5,9H2,1-4H3. The van der Waals surface area contributed by atoms with E-state index in [0.29, 0.717) is 11.4 Å². The van der Waals surface area contributed by atoms with E-state index in [1.807, 2.05) is 26.2 Å². The van der Waals surface area contributed by atoms with Crippen molar-refractivity contribution in [2.45, 2.75) is 31.7 Å². The van der Waals surface area contributed by atoms with Gasteiger partial charge in [-0.05, 0) is 31.0 Å². The van der Waals surface area contributed by atoms with Gasteiger partial charge in [0.25, 0.3) is 0 Å². The van der Waals surface area contributed by atoms with Gasteiger partial charge in [-0.25, -0.2) is 8.42 Å². The highest BCUT2D eigenvalue weighted by Gasteiger charge is 2.10. The molecule has 0 radical (unpaired) electrons. The number of aromatic nitrogens is 2. The Morgan fingerprint density at radius 2 is 2.05 bits per heavy atom. The molecule has 0 saturated heterocycles. The van der Waals surface area contributed by atoms with Gasteiger partial charge in [-0.1, -0.05) is 13.0 Å². The lowest BCUT2D eigenvalue weighted by Gasteiger charge is -2.11. The summed E-state index contributed by atoms with van der Waals surface area (Å²) in [6.07, 6.45) is 4.08. The number of anilines is 1. The fourth-order valence-electron chi connectivity index (χ4n) is 2.24. The zero-order valence-corrected chi connectivity index (χ0v) is 13.7. The molecule has 1 aromatic heterocycles. The van der Waals surface area contributed by atoms with Crippen LogP contribution in [-0.2, 0) is 29.9 Å². The largest absolute Gasteiger partial charge is 0.381 e. The van der Waals surface area contributed by atoms with Crippen LogP contribution >= 0.6 is 0 Å². The van der Waals surface area contributed by atoms with E-state index in [2.05, 4.69) is 17.3 Å². The third-order valence-corrected chi connectivity index (χ3v) is 4.54. The van der Waals surface area contributed by atoms with E-state index >= 15 is 0 Å². The Kier molecular flexibility index (Phi) is 4.37. The second-order valence-electron chi connectivity index (χ2n) is 5.23. The topological polar surface area (TPSA) is 64.0 Å². The second-order valence-corrected chi connectivity index (χ2v) is 7.25.